The summed E-state index contributed by atoms with van der Waals surface area (Å²) in [6.07, 6.45) is 0. The molecule has 10 heteroatoms. The monoisotopic (exact) mass is 582 g/mol. The maximum atomic E-state index is 12.7. The van der Waals surface area contributed by atoms with E-state index in [9.17, 15) is 13.2 Å². The molecule has 0 fully saturated rings. The molecule has 3 aromatic rings. The van der Waals surface area contributed by atoms with Gasteiger partial charge in [0.1, 0.15) is 29.6 Å². The number of nitrogens with one attached hydrogen (secondary N) is 1. The van der Waals surface area contributed by atoms with Crippen LogP contribution in [0.5, 0.6) is 23.0 Å². The van der Waals surface area contributed by atoms with E-state index in [4.69, 9.17) is 19.9 Å². The first-order chi connectivity index (χ1) is 15.7. The molecule has 8 nitrogen and oxygen atoms in total. The molecule has 33 heavy (non-hydrogen) atoms. The van der Waals surface area contributed by atoms with E-state index >= 15 is 0 Å². The van der Waals surface area contributed by atoms with Gasteiger partial charge in [-0.3, -0.25) is 4.79 Å². The average molecular weight is 582 g/mol. The van der Waals surface area contributed by atoms with E-state index in [1.165, 1.54) is 12.1 Å². The van der Waals surface area contributed by atoms with Gasteiger partial charge in [0.15, 0.2) is 0 Å². The highest BCUT2D eigenvalue weighted by molar-refractivity contribution is 14.1. The Morgan fingerprint density at radius 1 is 1.00 bits per heavy atom. The first-order valence-electron chi connectivity index (χ1n) is 9.84. The number of halogens is 1. The zero-order valence-corrected chi connectivity index (χ0v) is 20.9. The summed E-state index contributed by atoms with van der Waals surface area (Å²) in [5.41, 5.74) is 5.63. The van der Waals surface area contributed by atoms with Gasteiger partial charge in [-0.15, -0.1) is 0 Å². The van der Waals surface area contributed by atoms with Crippen LogP contribution in [0.25, 0.3) is 0 Å². The number of methoxy groups -OCH3 is 1. The number of sulfonamides is 1. The van der Waals surface area contributed by atoms with Gasteiger partial charge in [-0.05, 0) is 96.2 Å². The van der Waals surface area contributed by atoms with Crippen molar-refractivity contribution in [2.75, 3.05) is 13.7 Å². The van der Waals surface area contributed by atoms with Crippen molar-refractivity contribution in [2.24, 2.45) is 5.73 Å². The van der Waals surface area contributed by atoms with Gasteiger partial charge in [0.25, 0.3) is 5.91 Å². The highest BCUT2D eigenvalue weighted by Gasteiger charge is 2.19. The van der Waals surface area contributed by atoms with Crippen molar-refractivity contribution in [3.8, 4) is 23.0 Å². The molecule has 174 valence electrons. The number of nitrogens with two attached hydrogens (primary N) is 1. The number of amides is 1. The summed E-state index contributed by atoms with van der Waals surface area (Å²) in [7, 11) is -2.21. The van der Waals surface area contributed by atoms with Gasteiger partial charge in [-0.25, -0.2) is 13.1 Å². The normalized spacial score (nSPS) is 12.1. The molecule has 1 atom stereocenters. The van der Waals surface area contributed by atoms with E-state index in [0.717, 1.165) is 3.57 Å². The number of hydrogen-bond donors (Lipinski definition) is 2. The summed E-state index contributed by atoms with van der Waals surface area (Å²) < 4.78 is 45.3. The van der Waals surface area contributed by atoms with Crippen LogP contribution in [0.15, 0.2) is 71.6 Å². The standard InChI is InChI=1S/C23H23IN2O6S/c1-15(14-31-22-12-3-16(24)13-21(22)23(25)27)26-33(28,29)20-10-8-19(9-11-20)32-18-6-4-17(30-2)5-7-18/h3-13,15,26H,14H2,1-2H3,(H2,25,27)/t15-/m0/s1. The number of benzene rings is 3. The molecule has 0 aliphatic carbocycles. The predicted octanol–water partition coefficient (Wildman–Crippen LogP) is 3.94. The Morgan fingerprint density at radius 2 is 1.58 bits per heavy atom. The van der Waals surface area contributed by atoms with Gasteiger partial charge in [0.05, 0.1) is 23.6 Å². The zero-order valence-electron chi connectivity index (χ0n) is 17.9. The minimum atomic E-state index is -3.79. The molecular weight excluding hydrogens is 559 g/mol. The fraction of sp³-hybridized carbons (Fsp3) is 0.174. The lowest BCUT2D eigenvalue weighted by atomic mass is 10.2. The van der Waals surface area contributed by atoms with Gasteiger partial charge in [-0.1, -0.05) is 0 Å². The molecular formula is C23H23IN2O6S. The van der Waals surface area contributed by atoms with Crippen molar-refractivity contribution in [1.29, 1.82) is 0 Å². The minimum absolute atomic E-state index is 0.0127. The molecule has 0 aromatic heterocycles. The molecule has 0 heterocycles. The van der Waals surface area contributed by atoms with Crippen LogP contribution in [0, 0.1) is 3.57 Å². The minimum Gasteiger partial charge on any atom is -0.497 e. The third kappa shape index (κ3) is 6.83. The summed E-state index contributed by atoms with van der Waals surface area (Å²) in [6.45, 7) is 1.67. The van der Waals surface area contributed by atoms with Crippen molar-refractivity contribution in [1.82, 2.24) is 4.72 Å². The molecule has 0 aliphatic rings. The smallest absolute Gasteiger partial charge is 0.252 e. The number of carbonyl (C=O) groups is 1. The van der Waals surface area contributed by atoms with Crippen LogP contribution in [-0.2, 0) is 10.0 Å². The Kier molecular flexibility index (Phi) is 8.16. The number of hydrogen-bond acceptors (Lipinski definition) is 6. The Balaban J connectivity index is 1.61. The zero-order chi connectivity index (χ0) is 24.0. The van der Waals surface area contributed by atoms with Crippen LogP contribution in [0.3, 0.4) is 0 Å². The van der Waals surface area contributed by atoms with Crippen molar-refractivity contribution in [2.45, 2.75) is 17.9 Å². The van der Waals surface area contributed by atoms with E-state index < -0.39 is 22.0 Å². The highest BCUT2D eigenvalue weighted by Crippen LogP contribution is 2.25. The first kappa shape index (κ1) is 24.8. The molecule has 3 aromatic carbocycles. The van der Waals surface area contributed by atoms with Crippen molar-refractivity contribution in [3.05, 3.63) is 75.9 Å². The number of rotatable bonds is 10. The topological polar surface area (TPSA) is 117 Å². The molecule has 3 N–H and O–H groups in total. The van der Waals surface area contributed by atoms with Gasteiger partial charge in [0.2, 0.25) is 10.0 Å². The molecule has 0 saturated carbocycles. The average Bonchev–Trinajstić information content (AvgIpc) is 2.78. The summed E-state index contributed by atoms with van der Waals surface area (Å²) in [4.78, 5) is 11.7. The first-order valence-corrected chi connectivity index (χ1v) is 12.4. The number of primary amides is 1. The summed E-state index contributed by atoms with van der Waals surface area (Å²) in [5.74, 6) is 1.48. The van der Waals surface area contributed by atoms with Crippen molar-refractivity contribution >= 4 is 38.5 Å². The van der Waals surface area contributed by atoms with Crippen LogP contribution in [-0.4, -0.2) is 34.1 Å². The van der Waals surface area contributed by atoms with Crippen molar-refractivity contribution in [3.63, 3.8) is 0 Å². The number of ether oxygens (including phenoxy) is 3. The summed E-state index contributed by atoms with van der Waals surface area (Å²) in [5, 5.41) is 0. The quantitative estimate of drug-likeness (QED) is 0.350. The Bertz CT molecular complexity index is 1210. The van der Waals surface area contributed by atoms with Crippen LogP contribution in [0.2, 0.25) is 0 Å². The Hall–Kier alpha value is -2.83. The summed E-state index contributed by atoms with van der Waals surface area (Å²) >= 11 is 2.06. The third-order valence-electron chi connectivity index (χ3n) is 4.48. The fourth-order valence-electron chi connectivity index (χ4n) is 2.87. The van der Waals surface area contributed by atoms with Crippen LogP contribution >= 0.6 is 22.6 Å². The largest absolute Gasteiger partial charge is 0.497 e. The van der Waals surface area contributed by atoms with Gasteiger partial charge < -0.3 is 19.9 Å². The second-order valence-corrected chi connectivity index (χ2v) is 10.0. The van der Waals surface area contributed by atoms with Gasteiger partial charge in [0, 0.05) is 3.57 Å². The molecule has 0 saturated heterocycles. The second kappa shape index (κ2) is 10.9. The molecule has 0 radical (unpaired) electrons. The Morgan fingerprint density at radius 3 is 2.15 bits per heavy atom. The maximum absolute atomic E-state index is 12.7. The SMILES string of the molecule is COc1ccc(Oc2ccc(S(=O)(=O)N[C@@H](C)COc3ccc(I)cc3C(N)=O)cc2)cc1. The van der Waals surface area contributed by atoms with E-state index in [2.05, 4.69) is 27.3 Å². The Labute approximate surface area is 206 Å². The van der Waals surface area contributed by atoms with Gasteiger partial charge in [-0.2, -0.15) is 0 Å². The molecule has 0 unspecified atom stereocenters. The van der Waals surface area contributed by atoms with Crippen LogP contribution < -0.4 is 24.7 Å². The predicted molar refractivity (Wildman–Crippen MR) is 132 cm³/mol. The molecule has 0 bridgehead atoms. The fourth-order valence-corrected chi connectivity index (χ4v) is 4.59. The van der Waals surface area contributed by atoms with Crippen LogP contribution in [0.1, 0.15) is 17.3 Å². The van der Waals surface area contributed by atoms with Crippen molar-refractivity contribution < 1.29 is 27.4 Å². The maximum Gasteiger partial charge on any atom is 0.252 e. The molecule has 0 spiro atoms. The third-order valence-corrected chi connectivity index (χ3v) is 6.76. The lowest BCUT2D eigenvalue weighted by Gasteiger charge is -2.17. The number of carbonyl (C=O) groups excluding carboxylic acids is 1. The van der Waals surface area contributed by atoms with Crippen LogP contribution in [0.4, 0.5) is 0 Å². The summed E-state index contributed by atoms with van der Waals surface area (Å²) in [6, 6.07) is 17.6. The van der Waals surface area contributed by atoms with Gasteiger partial charge >= 0.3 is 0 Å². The second-order valence-electron chi connectivity index (χ2n) is 7.09. The highest BCUT2D eigenvalue weighted by atomic mass is 127. The van der Waals surface area contributed by atoms with E-state index in [0.29, 0.717) is 23.0 Å². The molecule has 0 aliphatic heterocycles. The van der Waals surface area contributed by atoms with E-state index in [-0.39, 0.29) is 17.1 Å². The molecule has 1 amide bonds. The molecule has 3 rings (SSSR count). The van der Waals surface area contributed by atoms with E-state index in [1.54, 1.807) is 68.6 Å². The lowest BCUT2D eigenvalue weighted by Crippen LogP contribution is -2.36. The van der Waals surface area contributed by atoms with E-state index in [1.807, 2.05) is 0 Å². The lowest BCUT2D eigenvalue weighted by molar-refractivity contribution is 0.0995.